The van der Waals surface area contributed by atoms with Gasteiger partial charge in [0.1, 0.15) is 11.5 Å². The van der Waals surface area contributed by atoms with Gasteiger partial charge in [-0.25, -0.2) is 8.42 Å². The monoisotopic (exact) mass is 394 g/mol. The van der Waals surface area contributed by atoms with Gasteiger partial charge in [-0.3, -0.25) is 10.1 Å². The Morgan fingerprint density at radius 2 is 1.70 bits per heavy atom. The summed E-state index contributed by atoms with van der Waals surface area (Å²) in [6.07, 6.45) is 0. The van der Waals surface area contributed by atoms with Gasteiger partial charge < -0.3 is 14.2 Å². The lowest BCUT2D eigenvalue weighted by Gasteiger charge is -2.26. The van der Waals surface area contributed by atoms with Gasteiger partial charge >= 0.3 is 5.69 Å². The molecule has 2 aromatic carbocycles. The SMILES string of the molecule is COc1ccc(Oc2ccc(S(=O)(=O)N3CCOCC3)cc2[N+](=O)[O-])cc1. The number of hydrogen-bond donors (Lipinski definition) is 0. The van der Waals surface area contributed by atoms with E-state index in [1.165, 1.54) is 23.5 Å². The molecule has 0 atom stereocenters. The molecule has 1 aliphatic heterocycles. The standard InChI is InChI=1S/C17H18N2O7S/c1-24-13-2-4-14(5-3-13)26-17-7-6-15(12-16(17)19(20)21)27(22,23)18-8-10-25-11-9-18/h2-7,12H,8-11H2,1H3. The van der Waals surface area contributed by atoms with Crippen molar-refractivity contribution in [2.75, 3.05) is 33.4 Å². The lowest BCUT2D eigenvalue weighted by Crippen LogP contribution is -2.40. The Bertz CT molecular complexity index is 923. The molecule has 0 N–H and O–H groups in total. The quantitative estimate of drug-likeness (QED) is 0.547. The first kappa shape index (κ1) is 19.1. The van der Waals surface area contributed by atoms with Crippen molar-refractivity contribution >= 4 is 15.7 Å². The molecular weight excluding hydrogens is 376 g/mol. The molecule has 0 aliphatic carbocycles. The summed E-state index contributed by atoms with van der Waals surface area (Å²) in [6.45, 7) is 1.00. The van der Waals surface area contributed by atoms with E-state index in [1.807, 2.05) is 0 Å². The molecule has 0 unspecified atom stereocenters. The Morgan fingerprint density at radius 1 is 1.07 bits per heavy atom. The molecule has 1 heterocycles. The maximum absolute atomic E-state index is 12.7. The fourth-order valence-electron chi connectivity index (χ4n) is 2.59. The summed E-state index contributed by atoms with van der Waals surface area (Å²) in [6, 6.07) is 10.1. The second-order valence-corrected chi connectivity index (χ2v) is 7.62. The molecule has 10 heteroatoms. The van der Waals surface area contributed by atoms with Crippen LogP contribution in [0.4, 0.5) is 5.69 Å². The third kappa shape index (κ3) is 4.18. The van der Waals surface area contributed by atoms with E-state index in [9.17, 15) is 18.5 Å². The minimum absolute atomic E-state index is 0.0499. The number of nitro benzene ring substituents is 1. The highest BCUT2D eigenvalue weighted by Crippen LogP contribution is 2.34. The number of hydrogen-bond acceptors (Lipinski definition) is 7. The maximum atomic E-state index is 12.7. The van der Waals surface area contributed by atoms with Gasteiger partial charge in [0.25, 0.3) is 0 Å². The predicted molar refractivity (Wildman–Crippen MR) is 95.7 cm³/mol. The van der Waals surface area contributed by atoms with E-state index in [-0.39, 0.29) is 23.7 Å². The molecule has 9 nitrogen and oxygen atoms in total. The average molecular weight is 394 g/mol. The molecule has 144 valence electrons. The van der Waals surface area contributed by atoms with Crippen molar-refractivity contribution in [3.05, 3.63) is 52.6 Å². The van der Waals surface area contributed by atoms with Crippen molar-refractivity contribution in [2.24, 2.45) is 0 Å². The second kappa shape index (κ2) is 7.91. The van der Waals surface area contributed by atoms with Crippen LogP contribution in [0.5, 0.6) is 17.2 Å². The highest BCUT2D eigenvalue weighted by molar-refractivity contribution is 7.89. The molecule has 1 fully saturated rings. The van der Waals surface area contributed by atoms with Gasteiger partial charge in [0.2, 0.25) is 15.8 Å². The second-order valence-electron chi connectivity index (χ2n) is 5.68. The van der Waals surface area contributed by atoms with E-state index in [2.05, 4.69) is 0 Å². The molecule has 0 aromatic heterocycles. The van der Waals surface area contributed by atoms with E-state index in [4.69, 9.17) is 14.2 Å². The molecule has 0 bridgehead atoms. The van der Waals surface area contributed by atoms with E-state index in [0.717, 1.165) is 6.07 Å². The zero-order valence-electron chi connectivity index (χ0n) is 14.5. The van der Waals surface area contributed by atoms with Crippen LogP contribution in [-0.2, 0) is 14.8 Å². The van der Waals surface area contributed by atoms with Crippen LogP contribution in [0.1, 0.15) is 0 Å². The van der Waals surface area contributed by atoms with Crippen LogP contribution in [0, 0.1) is 10.1 Å². The van der Waals surface area contributed by atoms with Crippen LogP contribution in [0.25, 0.3) is 0 Å². The van der Waals surface area contributed by atoms with E-state index < -0.39 is 20.6 Å². The van der Waals surface area contributed by atoms with E-state index in [0.29, 0.717) is 24.7 Å². The van der Waals surface area contributed by atoms with Crippen LogP contribution >= 0.6 is 0 Å². The first-order valence-electron chi connectivity index (χ1n) is 8.10. The van der Waals surface area contributed by atoms with Crippen LogP contribution < -0.4 is 9.47 Å². The summed E-state index contributed by atoms with van der Waals surface area (Å²) < 4.78 is 42.4. The summed E-state index contributed by atoms with van der Waals surface area (Å²) >= 11 is 0. The van der Waals surface area contributed by atoms with Gasteiger partial charge in [-0.1, -0.05) is 0 Å². The van der Waals surface area contributed by atoms with Crippen LogP contribution in [0.3, 0.4) is 0 Å². The normalized spacial score (nSPS) is 15.3. The fourth-order valence-corrected chi connectivity index (χ4v) is 4.02. The van der Waals surface area contributed by atoms with Crippen molar-refractivity contribution in [2.45, 2.75) is 4.90 Å². The van der Waals surface area contributed by atoms with Crippen molar-refractivity contribution in [1.29, 1.82) is 0 Å². The molecule has 3 rings (SSSR count). The molecule has 27 heavy (non-hydrogen) atoms. The zero-order chi connectivity index (χ0) is 19.4. The Balaban J connectivity index is 1.91. The average Bonchev–Trinajstić information content (AvgIpc) is 2.69. The Labute approximate surface area is 156 Å². The van der Waals surface area contributed by atoms with Crippen molar-refractivity contribution in [3.63, 3.8) is 0 Å². The summed E-state index contributed by atoms with van der Waals surface area (Å²) in [5, 5.41) is 11.4. The van der Waals surface area contributed by atoms with Gasteiger partial charge in [0, 0.05) is 19.2 Å². The molecule has 0 spiro atoms. The molecule has 0 saturated carbocycles. The molecule has 1 saturated heterocycles. The van der Waals surface area contributed by atoms with Crippen molar-refractivity contribution in [1.82, 2.24) is 4.31 Å². The van der Waals surface area contributed by atoms with E-state index in [1.54, 1.807) is 24.3 Å². The zero-order valence-corrected chi connectivity index (χ0v) is 15.3. The van der Waals surface area contributed by atoms with Gasteiger partial charge in [0.15, 0.2) is 0 Å². The Kier molecular flexibility index (Phi) is 5.59. The topological polar surface area (TPSA) is 108 Å². The summed E-state index contributed by atoms with van der Waals surface area (Å²) in [4.78, 5) is 10.6. The highest BCUT2D eigenvalue weighted by atomic mass is 32.2. The van der Waals surface area contributed by atoms with Crippen molar-refractivity contribution < 1.29 is 27.6 Å². The third-order valence-electron chi connectivity index (χ3n) is 4.02. The van der Waals surface area contributed by atoms with Crippen LogP contribution in [-0.4, -0.2) is 51.1 Å². The number of benzene rings is 2. The minimum Gasteiger partial charge on any atom is -0.497 e. The minimum atomic E-state index is -3.84. The maximum Gasteiger partial charge on any atom is 0.312 e. The van der Waals surface area contributed by atoms with E-state index >= 15 is 0 Å². The number of ether oxygens (including phenoxy) is 3. The number of rotatable bonds is 6. The fraction of sp³-hybridized carbons (Fsp3) is 0.294. The Hall–Kier alpha value is -2.69. The molecule has 1 aliphatic rings. The molecule has 2 aromatic rings. The summed E-state index contributed by atoms with van der Waals surface area (Å²) in [5.41, 5.74) is -0.430. The van der Waals surface area contributed by atoms with Crippen LogP contribution in [0.2, 0.25) is 0 Å². The number of methoxy groups -OCH3 is 1. The van der Waals surface area contributed by atoms with Gasteiger partial charge in [-0.05, 0) is 36.4 Å². The summed E-state index contributed by atoms with van der Waals surface area (Å²) in [5.74, 6) is 0.928. The Morgan fingerprint density at radius 3 is 2.30 bits per heavy atom. The first-order valence-corrected chi connectivity index (χ1v) is 9.54. The number of nitro groups is 1. The largest absolute Gasteiger partial charge is 0.497 e. The van der Waals surface area contributed by atoms with Crippen molar-refractivity contribution in [3.8, 4) is 17.2 Å². The van der Waals surface area contributed by atoms with Gasteiger partial charge in [0.05, 0.1) is 30.1 Å². The van der Waals surface area contributed by atoms with Crippen LogP contribution in [0.15, 0.2) is 47.4 Å². The predicted octanol–water partition coefficient (Wildman–Crippen LogP) is 2.42. The smallest absolute Gasteiger partial charge is 0.312 e. The lowest BCUT2D eigenvalue weighted by molar-refractivity contribution is -0.385. The molecular formula is C17H18N2O7S. The number of sulfonamides is 1. The third-order valence-corrected chi connectivity index (χ3v) is 5.92. The molecule has 0 amide bonds. The number of nitrogens with zero attached hydrogens (tertiary/aromatic N) is 2. The molecule has 0 radical (unpaired) electrons. The highest BCUT2D eigenvalue weighted by Gasteiger charge is 2.29. The number of morpholine rings is 1. The lowest BCUT2D eigenvalue weighted by atomic mass is 10.3. The summed E-state index contributed by atoms with van der Waals surface area (Å²) in [7, 11) is -2.32. The van der Waals surface area contributed by atoms with Gasteiger partial charge in [-0.2, -0.15) is 4.31 Å². The first-order chi connectivity index (χ1) is 12.9. The van der Waals surface area contributed by atoms with Gasteiger partial charge in [-0.15, -0.1) is 0 Å².